The van der Waals surface area contributed by atoms with Gasteiger partial charge < -0.3 is 16.2 Å². The van der Waals surface area contributed by atoms with Crippen LogP contribution in [0.5, 0.6) is 0 Å². The van der Waals surface area contributed by atoms with Crippen molar-refractivity contribution >= 4 is 5.91 Å². The van der Waals surface area contributed by atoms with E-state index in [0.717, 1.165) is 6.42 Å². The molecule has 0 aromatic carbocycles. The second-order valence-electron chi connectivity index (χ2n) is 2.93. The van der Waals surface area contributed by atoms with Gasteiger partial charge in [-0.15, -0.1) is 0 Å². The monoisotopic (exact) mass is 174 g/mol. The minimum atomic E-state index is -0.339. The van der Waals surface area contributed by atoms with Crippen LogP contribution in [0.4, 0.5) is 0 Å². The first-order valence-corrected chi connectivity index (χ1v) is 4.21. The number of ether oxygens (including phenoxy) is 1. The second kappa shape index (κ2) is 5.97. The number of rotatable bonds is 6. The van der Waals surface area contributed by atoms with E-state index in [2.05, 4.69) is 0 Å². The summed E-state index contributed by atoms with van der Waals surface area (Å²) in [5.41, 5.74) is 10.3. The molecular weight excluding hydrogens is 156 g/mol. The van der Waals surface area contributed by atoms with Crippen molar-refractivity contribution in [3.05, 3.63) is 0 Å². The van der Waals surface area contributed by atoms with E-state index in [0.29, 0.717) is 5.92 Å². The highest BCUT2D eigenvalue weighted by Crippen LogP contribution is 2.13. The van der Waals surface area contributed by atoms with Gasteiger partial charge in [0.25, 0.3) is 0 Å². The maximum Gasteiger partial charge on any atom is 0.220 e. The summed E-state index contributed by atoms with van der Waals surface area (Å²) in [6.07, 6.45) is 1.09. The van der Waals surface area contributed by atoms with Crippen LogP contribution in [0.25, 0.3) is 0 Å². The van der Waals surface area contributed by atoms with Crippen LogP contribution in [0, 0.1) is 5.92 Å². The fraction of sp³-hybridized carbons (Fsp3) is 0.875. The largest absolute Gasteiger partial charge is 0.370 e. The molecule has 0 aliphatic carbocycles. The first kappa shape index (κ1) is 11.4. The van der Waals surface area contributed by atoms with E-state index in [4.69, 9.17) is 16.2 Å². The molecule has 0 saturated carbocycles. The summed E-state index contributed by atoms with van der Waals surface area (Å²) < 4.78 is 5.18. The molecule has 0 aromatic heterocycles. The van der Waals surface area contributed by atoms with Crippen LogP contribution >= 0.6 is 0 Å². The molecule has 0 bridgehead atoms. The first-order chi connectivity index (χ1) is 5.61. The maximum absolute atomic E-state index is 10.6. The summed E-state index contributed by atoms with van der Waals surface area (Å²) in [5.74, 6) is -0.0187. The Morgan fingerprint density at radius 1 is 1.58 bits per heavy atom. The molecule has 12 heavy (non-hydrogen) atoms. The van der Waals surface area contributed by atoms with Crippen molar-refractivity contribution in [2.24, 2.45) is 17.4 Å². The van der Waals surface area contributed by atoms with Gasteiger partial charge in [-0.3, -0.25) is 4.79 Å². The number of hydrogen-bond donors (Lipinski definition) is 2. The molecule has 72 valence electrons. The van der Waals surface area contributed by atoms with E-state index in [1.165, 1.54) is 0 Å². The first-order valence-electron chi connectivity index (χ1n) is 4.21. The minimum Gasteiger partial charge on any atom is -0.370 e. The Morgan fingerprint density at radius 3 is 2.50 bits per heavy atom. The van der Waals surface area contributed by atoms with Crippen LogP contribution in [0.3, 0.4) is 0 Å². The average Bonchev–Trinajstić information content (AvgIpc) is 2.01. The van der Waals surface area contributed by atoms with Gasteiger partial charge in [0.1, 0.15) is 0 Å². The van der Waals surface area contributed by atoms with Crippen molar-refractivity contribution in [2.45, 2.75) is 32.8 Å². The number of nitrogens with two attached hydrogens (primary N) is 2. The maximum atomic E-state index is 10.6. The molecule has 0 rings (SSSR count). The van der Waals surface area contributed by atoms with E-state index < -0.39 is 0 Å². The van der Waals surface area contributed by atoms with Crippen LogP contribution in [0.2, 0.25) is 0 Å². The van der Waals surface area contributed by atoms with Crippen LogP contribution in [-0.2, 0) is 9.53 Å². The van der Waals surface area contributed by atoms with Gasteiger partial charge in [-0.25, -0.2) is 0 Å². The summed E-state index contributed by atoms with van der Waals surface area (Å²) in [6.45, 7) is 4.20. The third-order valence-electron chi connectivity index (χ3n) is 1.99. The molecule has 4 N–H and O–H groups in total. The number of amides is 1. The van der Waals surface area contributed by atoms with Gasteiger partial charge in [-0.2, -0.15) is 0 Å². The van der Waals surface area contributed by atoms with Gasteiger partial charge in [-0.05, 0) is 5.92 Å². The fourth-order valence-electron chi connectivity index (χ4n) is 1.01. The zero-order valence-corrected chi connectivity index (χ0v) is 7.75. The van der Waals surface area contributed by atoms with Gasteiger partial charge >= 0.3 is 0 Å². The summed E-state index contributed by atoms with van der Waals surface area (Å²) in [4.78, 5) is 10.6. The number of hydrogen-bond acceptors (Lipinski definition) is 3. The molecule has 0 heterocycles. The Balaban J connectivity index is 3.93. The molecular formula is C8H18N2O2. The lowest BCUT2D eigenvalue weighted by atomic mass is 9.99. The molecule has 2 unspecified atom stereocenters. The van der Waals surface area contributed by atoms with Crippen molar-refractivity contribution in [2.75, 3.05) is 6.73 Å². The Hall–Kier alpha value is -0.610. The van der Waals surface area contributed by atoms with E-state index in [1.54, 1.807) is 0 Å². The number of carbonyl (C=O) groups is 1. The van der Waals surface area contributed by atoms with Crippen molar-refractivity contribution in [3.63, 3.8) is 0 Å². The van der Waals surface area contributed by atoms with Gasteiger partial charge in [0.05, 0.1) is 19.3 Å². The molecule has 1 amide bonds. The van der Waals surface area contributed by atoms with Crippen LogP contribution in [0.15, 0.2) is 0 Å². The van der Waals surface area contributed by atoms with E-state index in [-0.39, 0.29) is 25.2 Å². The highest BCUT2D eigenvalue weighted by atomic mass is 16.5. The molecule has 0 radical (unpaired) electrons. The molecule has 0 aliphatic rings. The standard InChI is InChI=1S/C8H18N2O2/c1-3-6(2)7(12-5-9)4-8(10)11/h6-7H,3-5,9H2,1-2H3,(H2,10,11). The van der Waals surface area contributed by atoms with Gasteiger partial charge in [0.15, 0.2) is 0 Å². The van der Waals surface area contributed by atoms with E-state index in [1.807, 2.05) is 13.8 Å². The zero-order valence-electron chi connectivity index (χ0n) is 7.75. The second-order valence-corrected chi connectivity index (χ2v) is 2.93. The highest BCUT2D eigenvalue weighted by molar-refractivity contribution is 5.74. The van der Waals surface area contributed by atoms with Gasteiger partial charge in [-0.1, -0.05) is 20.3 Å². The third-order valence-corrected chi connectivity index (χ3v) is 1.99. The predicted octanol–water partition coefficient (Wildman–Crippen LogP) is 0.209. The molecule has 0 fully saturated rings. The fourth-order valence-corrected chi connectivity index (χ4v) is 1.01. The lowest BCUT2D eigenvalue weighted by molar-refractivity contribution is -0.121. The molecule has 2 atom stereocenters. The smallest absolute Gasteiger partial charge is 0.220 e. The van der Waals surface area contributed by atoms with Gasteiger partial charge in [0.2, 0.25) is 5.91 Å². The molecule has 4 nitrogen and oxygen atoms in total. The highest BCUT2D eigenvalue weighted by Gasteiger charge is 2.17. The van der Waals surface area contributed by atoms with Crippen molar-refractivity contribution < 1.29 is 9.53 Å². The summed E-state index contributed by atoms with van der Waals surface area (Å²) in [6, 6.07) is 0. The quantitative estimate of drug-likeness (QED) is 0.565. The number of carbonyl (C=O) groups excluding carboxylic acids is 1. The summed E-state index contributed by atoms with van der Waals surface area (Å²) in [7, 11) is 0. The molecule has 0 aromatic rings. The topological polar surface area (TPSA) is 78.3 Å². The third kappa shape index (κ3) is 4.31. The minimum absolute atomic E-state index is 0.127. The molecule has 0 aliphatic heterocycles. The van der Waals surface area contributed by atoms with Crippen molar-refractivity contribution in [3.8, 4) is 0 Å². The van der Waals surface area contributed by atoms with E-state index in [9.17, 15) is 4.79 Å². The Bertz CT molecular complexity index is 139. The SMILES string of the molecule is CCC(C)C(CC(N)=O)OCN. The van der Waals surface area contributed by atoms with Crippen molar-refractivity contribution in [1.82, 2.24) is 0 Å². The van der Waals surface area contributed by atoms with Crippen molar-refractivity contribution in [1.29, 1.82) is 0 Å². The van der Waals surface area contributed by atoms with Gasteiger partial charge in [0, 0.05) is 0 Å². The summed E-state index contributed by atoms with van der Waals surface area (Å²) in [5, 5.41) is 0. The van der Waals surface area contributed by atoms with Crippen LogP contribution in [0.1, 0.15) is 26.7 Å². The number of primary amides is 1. The lowest BCUT2D eigenvalue weighted by Gasteiger charge is -2.20. The lowest BCUT2D eigenvalue weighted by Crippen LogP contribution is -2.30. The molecule has 0 spiro atoms. The predicted molar refractivity (Wildman–Crippen MR) is 47.2 cm³/mol. The molecule has 4 heteroatoms. The van der Waals surface area contributed by atoms with E-state index >= 15 is 0 Å². The Labute approximate surface area is 73.2 Å². The van der Waals surface area contributed by atoms with Crippen LogP contribution < -0.4 is 11.5 Å². The van der Waals surface area contributed by atoms with Crippen LogP contribution in [-0.4, -0.2) is 18.7 Å². The Kier molecular flexibility index (Phi) is 5.66. The molecule has 0 saturated heterocycles. The average molecular weight is 174 g/mol. The summed E-state index contributed by atoms with van der Waals surface area (Å²) >= 11 is 0. The zero-order chi connectivity index (χ0) is 9.56. The Morgan fingerprint density at radius 2 is 2.17 bits per heavy atom. The normalized spacial score (nSPS) is 15.6.